The van der Waals surface area contributed by atoms with Crippen LogP contribution in [0.1, 0.15) is 25.7 Å². The first-order valence-electron chi connectivity index (χ1n) is 5.70. The number of furan rings is 1. The molecular weight excluding hydrogens is 288 g/mol. The van der Waals surface area contributed by atoms with Gasteiger partial charge in [-0.2, -0.15) is 0 Å². The van der Waals surface area contributed by atoms with E-state index >= 15 is 0 Å². The molecule has 6 heteroatoms. The summed E-state index contributed by atoms with van der Waals surface area (Å²) in [5.41, 5.74) is 0.447. The largest absolute Gasteiger partial charge is 0.457 e. The minimum absolute atomic E-state index is 0.193. The van der Waals surface area contributed by atoms with Crippen LogP contribution in [0.4, 0.5) is 0 Å². The maximum Gasteiger partial charge on any atom is 0.155 e. The highest BCUT2D eigenvalue weighted by Gasteiger charge is 2.40. The molecule has 0 aliphatic rings. The van der Waals surface area contributed by atoms with E-state index in [-0.39, 0.29) is 5.76 Å². The molecule has 2 rings (SSSR count). The molecule has 1 unspecified atom stereocenters. The van der Waals surface area contributed by atoms with Crippen LogP contribution in [0.2, 0.25) is 5.02 Å². The molecule has 1 aromatic carbocycles. The summed E-state index contributed by atoms with van der Waals surface area (Å²) in [4.78, 5) is 0. The minimum atomic E-state index is -3.44. The van der Waals surface area contributed by atoms with Crippen molar-refractivity contribution in [3.8, 4) is 0 Å². The van der Waals surface area contributed by atoms with Gasteiger partial charge >= 0.3 is 0 Å². The Morgan fingerprint density at radius 1 is 1.37 bits per heavy atom. The lowest BCUT2D eigenvalue weighted by Crippen LogP contribution is -2.37. The number of hydrogen-bond acceptors (Lipinski definition) is 4. The van der Waals surface area contributed by atoms with Crippen LogP contribution in [-0.2, 0) is 9.84 Å². The van der Waals surface area contributed by atoms with E-state index in [0.717, 1.165) is 11.6 Å². The second-order valence-electron chi connectivity index (χ2n) is 5.09. The van der Waals surface area contributed by atoms with Crippen LogP contribution in [-0.4, -0.2) is 24.5 Å². The van der Waals surface area contributed by atoms with Crippen molar-refractivity contribution in [3.05, 3.63) is 35.0 Å². The maximum atomic E-state index is 11.7. The summed E-state index contributed by atoms with van der Waals surface area (Å²) in [6.07, 6.45) is -0.169. The van der Waals surface area contributed by atoms with Crippen LogP contribution >= 0.6 is 11.6 Å². The lowest BCUT2D eigenvalue weighted by molar-refractivity contribution is 0.116. The first-order chi connectivity index (χ1) is 8.64. The lowest BCUT2D eigenvalue weighted by Gasteiger charge is -2.26. The molecule has 1 N–H and O–H groups in total. The Kier molecular flexibility index (Phi) is 3.41. The molecule has 1 aromatic heterocycles. The van der Waals surface area contributed by atoms with Gasteiger partial charge in [0, 0.05) is 11.6 Å². The van der Waals surface area contributed by atoms with Gasteiger partial charge in [-0.3, -0.25) is 0 Å². The van der Waals surface area contributed by atoms with Gasteiger partial charge in [0.2, 0.25) is 0 Å². The number of rotatable bonds is 3. The molecule has 1 atom stereocenters. The standard InChI is InChI=1S/C13H15ClO4S/c1-13(2,19(3,16)17)12(15)10-7-8-5-4-6-9(14)11(8)18-10/h4-7,12,15H,1-3H3. The van der Waals surface area contributed by atoms with Crippen LogP contribution in [0, 0.1) is 0 Å². The van der Waals surface area contributed by atoms with E-state index in [4.69, 9.17) is 16.0 Å². The van der Waals surface area contributed by atoms with E-state index in [1.54, 1.807) is 24.3 Å². The van der Waals surface area contributed by atoms with Crippen molar-refractivity contribution >= 4 is 32.4 Å². The Morgan fingerprint density at radius 2 is 2.00 bits per heavy atom. The molecule has 0 bridgehead atoms. The zero-order valence-corrected chi connectivity index (χ0v) is 12.4. The predicted octanol–water partition coefficient (Wildman–Crippen LogP) is 2.94. The molecule has 0 saturated heterocycles. The highest BCUT2D eigenvalue weighted by atomic mass is 35.5. The number of para-hydroxylation sites is 1. The number of aliphatic hydroxyl groups excluding tert-OH is 1. The van der Waals surface area contributed by atoms with Gasteiger partial charge in [-0.1, -0.05) is 23.7 Å². The number of aliphatic hydroxyl groups is 1. The quantitative estimate of drug-likeness (QED) is 0.946. The number of benzene rings is 1. The SMILES string of the molecule is CC(C)(C(O)c1cc2cccc(Cl)c2o1)S(C)(=O)=O. The molecule has 2 aromatic rings. The third kappa shape index (κ3) is 2.38. The maximum absolute atomic E-state index is 11.7. The highest BCUT2D eigenvalue weighted by Crippen LogP contribution is 2.36. The third-order valence-electron chi connectivity index (χ3n) is 3.40. The molecule has 104 valence electrons. The van der Waals surface area contributed by atoms with E-state index in [1.165, 1.54) is 13.8 Å². The third-order valence-corrected chi connectivity index (χ3v) is 5.83. The first-order valence-corrected chi connectivity index (χ1v) is 7.97. The van der Waals surface area contributed by atoms with Gasteiger partial charge in [-0.15, -0.1) is 0 Å². The normalized spacial score (nSPS) is 14.8. The van der Waals surface area contributed by atoms with Crippen molar-refractivity contribution in [1.82, 2.24) is 0 Å². The molecule has 4 nitrogen and oxygen atoms in total. The Labute approximate surface area is 116 Å². The molecule has 1 heterocycles. The van der Waals surface area contributed by atoms with E-state index in [0.29, 0.717) is 10.6 Å². The molecule has 0 amide bonds. The van der Waals surface area contributed by atoms with E-state index in [2.05, 4.69) is 0 Å². The smallest absolute Gasteiger partial charge is 0.155 e. The topological polar surface area (TPSA) is 67.5 Å². The van der Waals surface area contributed by atoms with Crippen LogP contribution in [0.25, 0.3) is 11.0 Å². The van der Waals surface area contributed by atoms with Crippen LogP contribution in [0.15, 0.2) is 28.7 Å². The van der Waals surface area contributed by atoms with Gasteiger partial charge in [0.15, 0.2) is 15.4 Å². The van der Waals surface area contributed by atoms with Crippen LogP contribution < -0.4 is 0 Å². The lowest BCUT2D eigenvalue weighted by atomic mass is 10.0. The van der Waals surface area contributed by atoms with Gasteiger partial charge in [-0.05, 0) is 26.0 Å². The zero-order valence-electron chi connectivity index (χ0n) is 10.8. The molecule has 0 spiro atoms. The monoisotopic (exact) mass is 302 g/mol. The summed E-state index contributed by atoms with van der Waals surface area (Å²) in [5, 5.41) is 11.4. The van der Waals surface area contributed by atoms with Gasteiger partial charge < -0.3 is 9.52 Å². The molecule has 0 radical (unpaired) electrons. The number of fused-ring (bicyclic) bond motifs is 1. The predicted molar refractivity (Wildman–Crippen MR) is 75.1 cm³/mol. The zero-order chi connectivity index (χ0) is 14.4. The summed E-state index contributed by atoms with van der Waals surface area (Å²) in [6, 6.07) is 6.83. The fourth-order valence-electron chi connectivity index (χ4n) is 1.73. The molecule has 0 fully saturated rings. The minimum Gasteiger partial charge on any atom is -0.457 e. The van der Waals surface area contributed by atoms with Crippen molar-refractivity contribution in [2.75, 3.05) is 6.26 Å². The van der Waals surface area contributed by atoms with Crippen molar-refractivity contribution in [3.63, 3.8) is 0 Å². The van der Waals surface area contributed by atoms with Gasteiger partial charge in [0.1, 0.15) is 11.9 Å². The van der Waals surface area contributed by atoms with Crippen LogP contribution in [0.3, 0.4) is 0 Å². The second kappa shape index (κ2) is 4.51. The Hall–Kier alpha value is -1.04. The fourth-order valence-corrected chi connectivity index (χ4v) is 2.47. The molecule has 0 saturated carbocycles. The highest BCUT2D eigenvalue weighted by molar-refractivity contribution is 7.92. The summed E-state index contributed by atoms with van der Waals surface area (Å²) in [6.45, 7) is 2.92. The fraction of sp³-hybridized carbons (Fsp3) is 0.385. The van der Waals surface area contributed by atoms with E-state index in [1.807, 2.05) is 0 Å². The molecule has 19 heavy (non-hydrogen) atoms. The van der Waals surface area contributed by atoms with Gasteiger partial charge in [0.25, 0.3) is 0 Å². The van der Waals surface area contributed by atoms with Crippen LogP contribution in [0.5, 0.6) is 0 Å². The summed E-state index contributed by atoms with van der Waals surface area (Å²) in [5.74, 6) is 0.193. The van der Waals surface area contributed by atoms with E-state index < -0.39 is 20.7 Å². The average molecular weight is 303 g/mol. The van der Waals surface area contributed by atoms with Crippen molar-refractivity contribution < 1.29 is 17.9 Å². The van der Waals surface area contributed by atoms with Crippen molar-refractivity contribution in [1.29, 1.82) is 0 Å². The summed E-state index contributed by atoms with van der Waals surface area (Å²) >= 11 is 5.99. The summed E-state index contributed by atoms with van der Waals surface area (Å²) in [7, 11) is -3.44. The number of hydrogen-bond donors (Lipinski definition) is 1. The number of sulfone groups is 1. The van der Waals surface area contributed by atoms with E-state index in [9.17, 15) is 13.5 Å². The Bertz CT molecular complexity index is 715. The van der Waals surface area contributed by atoms with Crippen molar-refractivity contribution in [2.24, 2.45) is 0 Å². The molecular formula is C13H15ClO4S. The second-order valence-corrected chi connectivity index (χ2v) is 8.09. The average Bonchev–Trinajstić information content (AvgIpc) is 2.71. The molecule has 0 aliphatic heterocycles. The van der Waals surface area contributed by atoms with Gasteiger partial charge in [0.05, 0.1) is 9.77 Å². The first kappa shape index (κ1) is 14.4. The number of halogens is 1. The van der Waals surface area contributed by atoms with Crippen molar-refractivity contribution in [2.45, 2.75) is 24.7 Å². The summed E-state index contributed by atoms with van der Waals surface area (Å²) < 4.78 is 27.6. The molecule has 0 aliphatic carbocycles. The van der Waals surface area contributed by atoms with Gasteiger partial charge in [-0.25, -0.2) is 8.42 Å². The Balaban J connectivity index is 2.54. The Morgan fingerprint density at radius 3 is 2.53 bits per heavy atom.